The molecule has 2 aromatic heterocycles. The van der Waals surface area contributed by atoms with Gasteiger partial charge in [0.2, 0.25) is 17.8 Å². The molecule has 0 aliphatic rings. The van der Waals surface area contributed by atoms with Crippen LogP contribution in [0.25, 0.3) is 5.95 Å². The summed E-state index contributed by atoms with van der Waals surface area (Å²) in [7, 11) is 1.77. The number of aliphatic hydroxyl groups is 1. The minimum atomic E-state index is 0.244. The molecule has 0 aromatic carbocycles. The Hall–Kier alpha value is -1.87. The number of nitrogens with zero attached hydrogens (tertiary/aromatic N) is 5. The highest BCUT2D eigenvalue weighted by molar-refractivity contribution is 7.99. The second kappa shape index (κ2) is 8.42. The fourth-order valence-electron chi connectivity index (χ4n) is 1.55. The third kappa shape index (κ3) is 4.87. The number of rotatable bonds is 9. The number of nitrogens with one attached hydrogen (secondary N) is 2. The van der Waals surface area contributed by atoms with Gasteiger partial charge in [0, 0.05) is 38.3 Å². The molecule has 0 aliphatic carbocycles. The van der Waals surface area contributed by atoms with Crippen molar-refractivity contribution in [1.29, 1.82) is 0 Å². The summed E-state index contributed by atoms with van der Waals surface area (Å²) in [4.78, 5) is 16.9. The Labute approximate surface area is 127 Å². The minimum Gasteiger partial charge on any atom is -0.396 e. The van der Waals surface area contributed by atoms with Crippen LogP contribution >= 0.6 is 11.8 Å². The highest BCUT2D eigenvalue weighted by atomic mass is 32.2. The van der Waals surface area contributed by atoms with Crippen LogP contribution in [0.1, 0.15) is 6.42 Å². The first-order valence-corrected chi connectivity index (χ1v) is 7.83. The summed E-state index contributed by atoms with van der Waals surface area (Å²) in [5.41, 5.74) is 0. The second-order valence-corrected chi connectivity index (χ2v) is 5.34. The standard InChI is InChI=1S/C12H19N7OS/c1-13-10-16-11(15-4-8-21-7-2-6-20)18-12(17-10)19-5-3-14-9-19/h3,5,9,20H,2,4,6-8H2,1H3,(H2,13,15,16,17,18). The molecule has 0 amide bonds. The van der Waals surface area contributed by atoms with E-state index >= 15 is 0 Å². The number of anilines is 2. The molecule has 2 heterocycles. The zero-order valence-electron chi connectivity index (χ0n) is 11.9. The fourth-order valence-corrected chi connectivity index (χ4v) is 2.34. The molecule has 0 aliphatic heterocycles. The SMILES string of the molecule is CNc1nc(NCCSCCCO)nc(-n2ccnc2)n1. The Bertz CT molecular complexity index is 534. The molecule has 114 valence electrons. The summed E-state index contributed by atoms with van der Waals surface area (Å²) in [5.74, 6) is 3.44. The van der Waals surface area contributed by atoms with Crippen molar-refractivity contribution in [3.63, 3.8) is 0 Å². The molecule has 21 heavy (non-hydrogen) atoms. The summed E-state index contributed by atoms with van der Waals surface area (Å²) in [6.45, 7) is 1.00. The van der Waals surface area contributed by atoms with E-state index in [4.69, 9.17) is 5.11 Å². The maximum Gasteiger partial charge on any atom is 0.241 e. The van der Waals surface area contributed by atoms with Crippen molar-refractivity contribution in [3.8, 4) is 5.95 Å². The average molecular weight is 309 g/mol. The van der Waals surface area contributed by atoms with E-state index in [0.29, 0.717) is 17.8 Å². The largest absolute Gasteiger partial charge is 0.396 e. The molecule has 2 rings (SSSR count). The Morgan fingerprint density at radius 1 is 1.24 bits per heavy atom. The first-order valence-electron chi connectivity index (χ1n) is 6.68. The monoisotopic (exact) mass is 309 g/mol. The van der Waals surface area contributed by atoms with Crippen LogP contribution in [0, 0.1) is 0 Å². The van der Waals surface area contributed by atoms with Crippen LogP contribution in [0.4, 0.5) is 11.9 Å². The van der Waals surface area contributed by atoms with Crippen molar-refractivity contribution in [3.05, 3.63) is 18.7 Å². The van der Waals surface area contributed by atoms with Gasteiger partial charge in [0.15, 0.2) is 0 Å². The molecular formula is C12H19N7OS. The number of aliphatic hydroxyl groups excluding tert-OH is 1. The number of aromatic nitrogens is 5. The molecule has 0 atom stereocenters. The summed E-state index contributed by atoms with van der Waals surface area (Å²) >= 11 is 1.78. The predicted octanol–water partition coefficient (Wildman–Crippen LogP) is 0.626. The smallest absolute Gasteiger partial charge is 0.241 e. The van der Waals surface area contributed by atoms with Gasteiger partial charge in [-0.3, -0.25) is 4.57 Å². The average Bonchev–Trinajstić information content (AvgIpc) is 3.05. The highest BCUT2D eigenvalue weighted by Gasteiger charge is 2.06. The van der Waals surface area contributed by atoms with Crippen LogP contribution in [-0.2, 0) is 0 Å². The van der Waals surface area contributed by atoms with Crippen molar-refractivity contribution in [1.82, 2.24) is 24.5 Å². The van der Waals surface area contributed by atoms with Crippen molar-refractivity contribution in [2.24, 2.45) is 0 Å². The Balaban J connectivity index is 1.94. The van der Waals surface area contributed by atoms with Crippen molar-refractivity contribution < 1.29 is 5.11 Å². The van der Waals surface area contributed by atoms with Gasteiger partial charge in [-0.05, 0) is 12.2 Å². The van der Waals surface area contributed by atoms with Crippen LogP contribution in [-0.4, -0.2) is 61.3 Å². The molecule has 9 heteroatoms. The molecule has 0 unspecified atom stereocenters. The lowest BCUT2D eigenvalue weighted by molar-refractivity contribution is 0.296. The van der Waals surface area contributed by atoms with Crippen molar-refractivity contribution in [2.75, 3.05) is 42.3 Å². The first kappa shape index (κ1) is 15.5. The molecule has 0 spiro atoms. The quantitative estimate of drug-likeness (QED) is 0.580. The van der Waals surface area contributed by atoms with Crippen LogP contribution < -0.4 is 10.6 Å². The Morgan fingerprint density at radius 3 is 2.81 bits per heavy atom. The third-order valence-electron chi connectivity index (χ3n) is 2.56. The van der Waals surface area contributed by atoms with Gasteiger partial charge in [0.1, 0.15) is 6.33 Å². The van der Waals surface area contributed by atoms with E-state index in [0.717, 1.165) is 24.5 Å². The van der Waals surface area contributed by atoms with E-state index in [1.165, 1.54) is 0 Å². The lowest BCUT2D eigenvalue weighted by Gasteiger charge is -2.08. The van der Waals surface area contributed by atoms with Gasteiger partial charge < -0.3 is 15.7 Å². The lowest BCUT2D eigenvalue weighted by Crippen LogP contribution is -2.12. The van der Waals surface area contributed by atoms with E-state index in [9.17, 15) is 0 Å². The molecule has 0 saturated carbocycles. The van der Waals surface area contributed by atoms with Gasteiger partial charge in [-0.2, -0.15) is 26.7 Å². The normalized spacial score (nSPS) is 10.6. The molecule has 2 aromatic rings. The maximum absolute atomic E-state index is 8.71. The molecule has 0 radical (unpaired) electrons. The molecule has 0 bridgehead atoms. The van der Waals surface area contributed by atoms with Gasteiger partial charge in [-0.1, -0.05) is 0 Å². The number of imidazole rings is 1. The summed E-state index contributed by atoms with van der Waals surface area (Å²) in [5, 5.41) is 14.8. The van der Waals surface area contributed by atoms with Gasteiger partial charge in [-0.15, -0.1) is 0 Å². The zero-order chi connectivity index (χ0) is 14.9. The number of thioether (sulfide) groups is 1. The lowest BCUT2D eigenvalue weighted by atomic mass is 10.5. The molecule has 3 N–H and O–H groups in total. The van der Waals surface area contributed by atoms with E-state index < -0.39 is 0 Å². The van der Waals surface area contributed by atoms with Gasteiger partial charge >= 0.3 is 0 Å². The van der Waals surface area contributed by atoms with Crippen molar-refractivity contribution in [2.45, 2.75) is 6.42 Å². The van der Waals surface area contributed by atoms with E-state index in [1.807, 2.05) is 0 Å². The molecular weight excluding hydrogens is 290 g/mol. The zero-order valence-corrected chi connectivity index (χ0v) is 12.7. The second-order valence-electron chi connectivity index (χ2n) is 4.12. The number of hydrogen-bond acceptors (Lipinski definition) is 8. The van der Waals surface area contributed by atoms with Crippen molar-refractivity contribution >= 4 is 23.7 Å². The fraction of sp³-hybridized carbons (Fsp3) is 0.500. The summed E-state index contributed by atoms with van der Waals surface area (Å²) < 4.78 is 1.73. The summed E-state index contributed by atoms with van der Waals surface area (Å²) in [6, 6.07) is 0. The predicted molar refractivity (Wildman–Crippen MR) is 84.0 cm³/mol. The third-order valence-corrected chi connectivity index (χ3v) is 3.63. The molecule has 0 fully saturated rings. The molecule has 8 nitrogen and oxygen atoms in total. The first-order chi connectivity index (χ1) is 10.3. The minimum absolute atomic E-state index is 0.244. The number of hydrogen-bond donors (Lipinski definition) is 3. The van der Waals surface area contributed by atoms with Gasteiger partial charge in [0.25, 0.3) is 0 Å². The van der Waals surface area contributed by atoms with Gasteiger partial charge in [-0.25, -0.2) is 4.98 Å². The van der Waals surface area contributed by atoms with E-state index in [2.05, 4.69) is 30.6 Å². The molecule has 0 saturated heterocycles. The van der Waals surface area contributed by atoms with Crippen LogP contribution in [0.2, 0.25) is 0 Å². The Morgan fingerprint density at radius 2 is 2.10 bits per heavy atom. The maximum atomic E-state index is 8.71. The van der Waals surface area contributed by atoms with Crippen LogP contribution in [0.5, 0.6) is 0 Å². The van der Waals surface area contributed by atoms with Gasteiger partial charge in [0.05, 0.1) is 0 Å². The summed E-state index contributed by atoms with van der Waals surface area (Å²) in [6.07, 6.45) is 5.92. The van der Waals surface area contributed by atoms with Crippen LogP contribution in [0.15, 0.2) is 18.7 Å². The topological polar surface area (TPSA) is 101 Å². The Kier molecular flexibility index (Phi) is 6.22. The highest BCUT2D eigenvalue weighted by Crippen LogP contribution is 2.09. The van der Waals surface area contributed by atoms with E-state index in [-0.39, 0.29) is 6.61 Å². The van der Waals surface area contributed by atoms with E-state index in [1.54, 1.807) is 42.1 Å². The van der Waals surface area contributed by atoms with Crippen LogP contribution in [0.3, 0.4) is 0 Å².